The van der Waals surface area contributed by atoms with Gasteiger partial charge in [0, 0.05) is 11.9 Å². The molecule has 0 radical (unpaired) electrons. The van der Waals surface area contributed by atoms with Gasteiger partial charge < -0.3 is 10.3 Å². The van der Waals surface area contributed by atoms with E-state index >= 15 is 0 Å². The molecule has 0 fully saturated rings. The SMILES string of the molecule is Cc1cc(C(N)=O)cn1CCF. The van der Waals surface area contributed by atoms with Gasteiger partial charge in [-0.05, 0) is 13.0 Å². The summed E-state index contributed by atoms with van der Waals surface area (Å²) >= 11 is 0. The molecule has 4 heteroatoms. The summed E-state index contributed by atoms with van der Waals surface area (Å²) in [5.41, 5.74) is 6.33. The number of rotatable bonds is 3. The molecule has 3 nitrogen and oxygen atoms in total. The summed E-state index contributed by atoms with van der Waals surface area (Å²) in [6.07, 6.45) is 1.57. The fourth-order valence-electron chi connectivity index (χ4n) is 1.08. The predicted molar refractivity (Wildman–Crippen MR) is 43.7 cm³/mol. The van der Waals surface area contributed by atoms with E-state index in [4.69, 9.17) is 5.73 Å². The van der Waals surface area contributed by atoms with E-state index in [1.54, 1.807) is 16.8 Å². The second kappa shape index (κ2) is 3.38. The summed E-state index contributed by atoms with van der Waals surface area (Å²) in [5.74, 6) is -0.476. The van der Waals surface area contributed by atoms with Crippen molar-refractivity contribution in [3.8, 4) is 0 Å². The zero-order chi connectivity index (χ0) is 9.14. The number of nitrogens with zero attached hydrogens (tertiary/aromatic N) is 1. The van der Waals surface area contributed by atoms with Gasteiger partial charge in [0.15, 0.2) is 0 Å². The molecule has 1 heterocycles. The molecule has 1 aromatic rings. The molecular formula is C8H11FN2O. The largest absolute Gasteiger partial charge is 0.366 e. The number of amides is 1. The molecule has 1 amide bonds. The van der Waals surface area contributed by atoms with Crippen molar-refractivity contribution in [3.05, 3.63) is 23.5 Å². The molecule has 12 heavy (non-hydrogen) atoms. The Balaban J connectivity index is 2.92. The number of halogens is 1. The Hall–Kier alpha value is -1.32. The fraction of sp³-hybridized carbons (Fsp3) is 0.375. The molecule has 0 bridgehead atoms. The van der Waals surface area contributed by atoms with E-state index in [1.807, 2.05) is 6.92 Å². The van der Waals surface area contributed by atoms with E-state index in [-0.39, 0.29) is 6.54 Å². The van der Waals surface area contributed by atoms with Gasteiger partial charge in [0.2, 0.25) is 5.91 Å². The monoisotopic (exact) mass is 170 g/mol. The second-order valence-electron chi connectivity index (χ2n) is 2.62. The molecule has 0 aliphatic heterocycles. The maximum absolute atomic E-state index is 11.9. The maximum Gasteiger partial charge on any atom is 0.250 e. The molecule has 0 aliphatic carbocycles. The van der Waals surface area contributed by atoms with E-state index in [0.717, 1.165) is 5.69 Å². The van der Waals surface area contributed by atoms with Gasteiger partial charge in [0.25, 0.3) is 0 Å². The van der Waals surface area contributed by atoms with Gasteiger partial charge in [-0.2, -0.15) is 0 Å². The number of hydrogen-bond acceptors (Lipinski definition) is 1. The van der Waals surface area contributed by atoms with Crippen molar-refractivity contribution in [2.24, 2.45) is 5.73 Å². The number of carbonyl (C=O) groups excluding carboxylic acids is 1. The van der Waals surface area contributed by atoms with Crippen LogP contribution in [0.3, 0.4) is 0 Å². The molecule has 1 aromatic heterocycles. The molecule has 1 rings (SSSR count). The van der Waals surface area contributed by atoms with Crippen LogP contribution in [0.15, 0.2) is 12.3 Å². The molecule has 0 aliphatic rings. The highest BCUT2D eigenvalue weighted by molar-refractivity contribution is 5.92. The molecular weight excluding hydrogens is 159 g/mol. The average molecular weight is 170 g/mol. The standard InChI is InChI=1S/C8H11FN2O/c1-6-4-7(8(10)12)5-11(6)3-2-9/h4-5H,2-3H2,1H3,(H2,10,12). The molecule has 0 saturated heterocycles. The summed E-state index contributed by atoms with van der Waals surface area (Å²) in [7, 11) is 0. The van der Waals surface area contributed by atoms with E-state index in [9.17, 15) is 9.18 Å². The van der Waals surface area contributed by atoms with Crippen LogP contribution in [0.25, 0.3) is 0 Å². The Labute approximate surface area is 70.0 Å². The van der Waals surface area contributed by atoms with Crippen molar-refractivity contribution in [2.75, 3.05) is 6.67 Å². The number of aromatic nitrogens is 1. The van der Waals surface area contributed by atoms with Crippen molar-refractivity contribution in [1.29, 1.82) is 0 Å². The van der Waals surface area contributed by atoms with Gasteiger partial charge in [-0.1, -0.05) is 0 Å². The quantitative estimate of drug-likeness (QED) is 0.718. The Morgan fingerprint density at radius 2 is 2.42 bits per heavy atom. The normalized spacial score (nSPS) is 10.2. The highest BCUT2D eigenvalue weighted by Gasteiger charge is 2.05. The molecule has 0 aromatic carbocycles. The minimum absolute atomic E-state index is 0.277. The maximum atomic E-state index is 11.9. The van der Waals surface area contributed by atoms with Crippen LogP contribution in [0.5, 0.6) is 0 Å². The van der Waals surface area contributed by atoms with Gasteiger partial charge in [-0.3, -0.25) is 4.79 Å². The summed E-state index contributed by atoms with van der Waals surface area (Å²) in [6, 6.07) is 1.65. The number of nitrogens with two attached hydrogens (primary N) is 1. The first-order chi connectivity index (χ1) is 5.65. The minimum Gasteiger partial charge on any atom is -0.366 e. The third-order valence-corrected chi connectivity index (χ3v) is 1.72. The predicted octanol–water partition coefficient (Wildman–Crippen LogP) is 0.865. The molecule has 0 atom stereocenters. The molecule has 0 unspecified atom stereocenters. The summed E-state index contributed by atoms with van der Waals surface area (Å²) in [6.45, 7) is 1.65. The zero-order valence-electron chi connectivity index (χ0n) is 6.88. The number of primary amides is 1. The third kappa shape index (κ3) is 1.64. The van der Waals surface area contributed by atoms with Crippen LogP contribution >= 0.6 is 0 Å². The third-order valence-electron chi connectivity index (χ3n) is 1.72. The van der Waals surface area contributed by atoms with Crippen LogP contribution in [0, 0.1) is 6.92 Å². The number of hydrogen-bond donors (Lipinski definition) is 1. The minimum atomic E-state index is -0.476. The zero-order valence-corrected chi connectivity index (χ0v) is 6.88. The molecule has 0 saturated carbocycles. The lowest BCUT2D eigenvalue weighted by molar-refractivity contribution is 0.1000. The van der Waals surface area contributed by atoms with Crippen molar-refractivity contribution in [1.82, 2.24) is 4.57 Å². The van der Waals surface area contributed by atoms with E-state index < -0.39 is 12.6 Å². The first-order valence-electron chi connectivity index (χ1n) is 3.67. The highest BCUT2D eigenvalue weighted by atomic mass is 19.1. The lowest BCUT2D eigenvalue weighted by Gasteiger charge is -1.99. The van der Waals surface area contributed by atoms with Crippen molar-refractivity contribution < 1.29 is 9.18 Å². The highest BCUT2D eigenvalue weighted by Crippen LogP contribution is 2.06. The Morgan fingerprint density at radius 3 is 2.83 bits per heavy atom. The van der Waals surface area contributed by atoms with Crippen LogP contribution in [0.1, 0.15) is 16.1 Å². The van der Waals surface area contributed by atoms with Crippen molar-refractivity contribution in [3.63, 3.8) is 0 Å². The summed E-state index contributed by atoms with van der Waals surface area (Å²) in [5, 5.41) is 0. The van der Waals surface area contributed by atoms with Gasteiger partial charge in [0.1, 0.15) is 6.67 Å². The fourth-order valence-corrected chi connectivity index (χ4v) is 1.08. The van der Waals surface area contributed by atoms with Gasteiger partial charge in [-0.15, -0.1) is 0 Å². The van der Waals surface area contributed by atoms with Crippen LogP contribution < -0.4 is 5.73 Å². The Bertz CT molecular complexity index is 293. The molecule has 2 N–H and O–H groups in total. The smallest absolute Gasteiger partial charge is 0.250 e. The van der Waals surface area contributed by atoms with Gasteiger partial charge >= 0.3 is 0 Å². The van der Waals surface area contributed by atoms with Crippen LogP contribution in [-0.4, -0.2) is 17.1 Å². The lowest BCUT2D eigenvalue weighted by Crippen LogP contribution is -2.09. The topological polar surface area (TPSA) is 48.0 Å². The van der Waals surface area contributed by atoms with Crippen LogP contribution in [0.2, 0.25) is 0 Å². The number of carbonyl (C=O) groups is 1. The van der Waals surface area contributed by atoms with Gasteiger partial charge in [-0.25, -0.2) is 4.39 Å². The van der Waals surface area contributed by atoms with Crippen LogP contribution in [-0.2, 0) is 6.54 Å². The number of alkyl halides is 1. The first-order valence-corrected chi connectivity index (χ1v) is 3.67. The summed E-state index contributed by atoms with van der Waals surface area (Å²) in [4.78, 5) is 10.7. The van der Waals surface area contributed by atoms with E-state index in [2.05, 4.69) is 0 Å². The van der Waals surface area contributed by atoms with E-state index in [0.29, 0.717) is 5.56 Å². The first kappa shape index (κ1) is 8.77. The van der Waals surface area contributed by atoms with Gasteiger partial charge in [0.05, 0.1) is 12.1 Å². The van der Waals surface area contributed by atoms with Crippen molar-refractivity contribution >= 4 is 5.91 Å². The van der Waals surface area contributed by atoms with E-state index in [1.165, 1.54) is 0 Å². The Morgan fingerprint density at radius 1 is 1.75 bits per heavy atom. The second-order valence-corrected chi connectivity index (χ2v) is 2.62. The average Bonchev–Trinajstić information content (AvgIpc) is 2.34. The van der Waals surface area contributed by atoms with Crippen molar-refractivity contribution in [2.45, 2.75) is 13.5 Å². The summed E-state index contributed by atoms with van der Waals surface area (Å²) < 4.78 is 13.6. The molecule has 0 spiro atoms. The molecule has 66 valence electrons. The Kier molecular flexibility index (Phi) is 2.47. The lowest BCUT2D eigenvalue weighted by atomic mass is 10.3. The number of aryl methyl sites for hydroxylation is 2. The van der Waals surface area contributed by atoms with Crippen LogP contribution in [0.4, 0.5) is 4.39 Å².